The molecule has 6 nitrogen and oxygen atoms in total. The molecule has 117 heavy (non-hydrogen) atoms. The van der Waals surface area contributed by atoms with Gasteiger partial charge in [-0.1, -0.05) is 333 Å². The van der Waals surface area contributed by atoms with Crippen LogP contribution in [0, 0.1) is 19.0 Å². The van der Waals surface area contributed by atoms with Gasteiger partial charge in [-0.25, -0.2) is 0 Å². The number of imidazole rings is 3. The summed E-state index contributed by atoms with van der Waals surface area (Å²) in [5, 5.41) is 0. The number of fused-ring (bicyclic) bond motifs is 12. The number of nitrogens with zero attached hydrogens (tertiary/aromatic N) is 6. The summed E-state index contributed by atoms with van der Waals surface area (Å²) in [5.41, 5.74) is 45.2. The van der Waals surface area contributed by atoms with Crippen LogP contribution in [0.4, 0.5) is 0 Å². The van der Waals surface area contributed by atoms with Gasteiger partial charge in [0.05, 0.1) is 71.3 Å². The smallest absolute Gasteiger partial charge is 0.244 e. The van der Waals surface area contributed by atoms with Gasteiger partial charge in [0.25, 0.3) is 0 Å². The van der Waals surface area contributed by atoms with Gasteiger partial charge in [0.1, 0.15) is 0 Å². The summed E-state index contributed by atoms with van der Waals surface area (Å²) in [6.07, 6.45) is 11.1. The van der Waals surface area contributed by atoms with Gasteiger partial charge in [-0.05, 0) is 222 Å². The Morgan fingerprint density at radius 1 is 0.188 bits per heavy atom. The average molecular weight is 1500 g/mol. The number of rotatable bonds is 12. The zero-order valence-corrected chi connectivity index (χ0v) is 67.1. The zero-order chi connectivity index (χ0) is 78.9. The van der Waals surface area contributed by atoms with Gasteiger partial charge in [-0.3, -0.25) is 0 Å². The molecule has 0 fully saturated rings. The Morgan fingerprint density at radius 3 is 0.701 bits per heavy atom. The molecule has 3 heterocycles. The molecule has 22 rings (SSSR count). The van der Waals surface area contributed by atoms with Gasteiger partial charge >= 0.3 is 0 Å². The summed E-state index contributed by atoms with van der Waals surface area (Å²) in [7, 11) is 6.27. The Kier molecular flexibility index (Phi) is 15.6. The lowest BCUT2D eigenvalue weighted by atomic mass is 9.80. The van der Waals surface area contributed by atoms with Crippen LogP contribution in [0.2, 0.25) is 0 Å². The molecule has 0 N–H and O–H groups in total. The van der Waals surface area contributed by atoms with Gasteiger partial charge < -0.3 is 27.4 Å². The van der Waals surface area contributed by atoms with Crippen LogP contribution in [0.15, 0.2) is 346 Å². The highest BCUT2D eigenvalue weighted by Crippen LogP contribution is 2.56. The predicted molar refractivity (Wildman–Crippen MR) is 479 cm³/mol. The summed E-state index contributed by atoms with van der Waals surface area (Å²) >= 11 is 0. The Labute approximate surface area is 683 Å². The third-order valence-electron chi connectivity index (χ3n) is 26.2. The number of hydrogen-bond acceptors (Lipinski definition) is 0. The molecule has 0 bridgehead atoms. The van der Waals surface area contributed by atoms with Crippen LogP contribution >= 0.6 is 0 Å². The molecule has 19 aromatic rings. The number of aromatic nitrogens is 6. The maximum Gasteiger partial charge on any atom is 0.244 e. The highest BCUT2D eigenvalue weighted by Gasteiger charge is 2.39. The van der Waals surface area contributed by atoms with E-state index in [-0.39, 0.29) is 16.2 Å². The van der Waals surface area contributed by atoms with Crippen molar-refractivity contribution < 1.29 is 13.7 Å². The van der Waals surface area contributed by atoms with Crippen molar-refractivity contribution >= 4 is 33.1 Å². The minimum Gasteiger partial charge on any atom is -0.319 e. The van der Waals surface area contributed by atoms with Crippen molar-refractivity contribution in [2.24, 2.45) is 21.1 Å². The lowest BCUT2D eigenvalue weighted by Crippen LogP contribution is -2.26. The van der Waals surface area contributed by atoms with Gasteiger partial charge in [0.15, 0.2) is 0 Å². The molecule has 558 valence electrons. The van der Waals surface area contributed by atoms with E-state index in [2.05, 4.69) is 455 Å². The van der Waals surface area contributed by atoms with E-state index in [9.17, 15) is 0 Å². The van der Waals surface area contributed by atoms with Crippen molar-refractivity contribution in [3.8, 4) is 151 Å². The first-order valence-corrected chi connectivity index (χ1v) is 40.8. The number of para-hydroxylation sites is 6. The van der Waals surface area contributed by atoms with Crippen LogP contribution in [0.5, 0.6) is 0 Å². The van der Waals surface area contributed by atoms with E-state index in [4.69, 9.17) is 0 Å². The molecule has 0 aliphatic heterocycles. The Morgan fingerprint density at radius 2 is 0.410 bits per heavy atom. The third kappa shape index (κ3) is 10.8. The molecule has 3 aromatic heterocycles. The summed E-state index contributed by atoms with van der Waals surface area (Å²) in [6, 6.07) is 130. The second-order valence-corrected chi connectivity index (χ2v) is 33.9. The minimum absolute atomic E-state index is 0.219. The molecule has 0 saturated carbocycles. The maximum atomic E-state index is 3.71. The molecule has 3 aliphatic carbocycles. The van der Waals surface area contributed by atoms with Crippen LogP contribution in [0.3, 0.4) is 0 Å². The highest BCUT2D eigenvalue weighted by atomic mass is 15.1. The van der Waals surface area contributed by atoms with E-state index >= 15 is 0 Å². The second-order valence-electron chi connectivity index (χ2n) is 33.9. The molecule has 0 saturated heterocycles. The standard InChI is InChI=1S/C111H84N6/c1-109(2)97-37-19-16-34-88(97)91-52-46-70(61-100(91)109)94-64-76(115-67-112(7)103-40-22-25-43-106(103)115)49-55-85(94)82-31-13-10-28-79(82)73-58-74(80-29-11-14-32-83(80)86-56-50-77(116-68-113(8)104-41-23-26-44-107(104)116)65-95(86)71-47-53-92-89-35-17-20-38-98(89)110(3,4)101(92)62-71)60-75(59-73)81-30-12-15-33-84(81)87-57-51-78(117-69-114(9)105-42-24-27-45-108(105)117)66-96(87)72-48-54-93-90-36-18-21-39-99(90)111(5,6)102(93)63-72/h10-66H,1-9H3. The summed E-state index contributed by atoms with van der Waals surface area (Å²) < 4.78 is 13.0. The average Bonchev–Trinajstić information content (AvgIpc) is 1.71. The minimum atomic E-state index is -0.219. The van der Waals surface area contributed by atoms with Crippen LogP contribution in [-0.4, -0.2) is 13.7 Å². The zero-order valence-electron chi connectivity index (χ0n) is 67.1. The van der Waals surface area contributed by atoms with Crippen molar-refractivity contribution in [3.05, 3.63) is 398 Å². The van der Waals surface area contributed by atoms with Crippen LogP contribution in [0.1, 0.15) is 74.9 Å². The Hall–Kier alpha value is -14.1. The van der Waals surface area contributed by atoms with Crippen molar-refractivity contribution in [1.29, 1.82) is 0 Å². The lowest BCUT2D eigenvalue weighted by molar-refractivity contribution is -0.649. The number of aryl methyl sites for hydroxylation is 3. The molecule has 3 aliphatic rings. The summed E-state index contributed by atoms with van der Waals surface area (Å²) in [6.45, 7) is 14.3. The van der Waals surface area contributed by atoms with Gasteiger partial charge in [0.2, 0.25) is 19.0 Å². The normalized spacial score (nSPS) is 13.7. The first-order valence-electron chi connectivity index (χ1n) is 40.8. The van der Waals surface area contributed by atoms with Crippen molar-refractivity contribution in [3.63, 3.8) is 0 Å². The van der Waals surface area contributed by atoms with Crippen molar-refractivity contribution in [2.75, 3.05) is 0 Å². The fraction of sp³-hybridized carbons (Fsp3) is 0.108. The van der Waals surface area contributed by atoms with Crippen LogP contribution in [-0.2, 0) is 37.4 Å². The fourth-order valence-corrected chi connectivity index (χ4v) is 20.2. The van der Waals surface area contributed by atoms with Gasteiger partial charge in [0, 0.05) is 16.2 Å². The van der Waals surface area contributed by atoms with Gasteiger partial charge in [-0.15, -0.1) is 0 Å². The van der Waals surface area contributed by atoms with Crippen molar-refractivity contribution in [2.45, 2.75) is 57.8 Å². The Balaban J connectivity index is 0.780. The fourth-order valence-electron chi connectivity index (χ4n) is 20.2. The van der Waals surface area contributed by atoms with Crippen LogP contribution in [0.25, 0.3) is 184 Å². The van der Waals surface area contributed by atoms with Gasteiger partial charge in [-0.2, -0.15) is 0 Å². The molecule has 0 amide bonds. The molecule has 0 radical (unpaired) electrons. The SMILES string of the molecule is C[n+]1[c-]n(-c2ccc(-c3ccccc3-c3cc(-c4ccccc4-c4ccc(-n5[c-][n+](C)c6ccccc65)cc4-c4ccc5c(c4)C(C)(C)c4ccccc4-5)cc(-c4ccccc4-c4ccc(-n5[c-][n+](C)c6ccccc65)cc4-c4ccc5c(c4)C(C)(C)c4ccccc4-5)c3)c(-c3ccc4c(c3)C(C)(C)c3ccccc3-4)c2)c2ccccc21. The summed E-state index contributed by atoms with van der Waals surface area (Å²) in [4.78, 5) is 0. The number of hydrogen-bond donors (Lipinski definition) is 0. The molecular weight excluding hydrogens is 1420 g/mol. The Bertz CT molecular complexity index is 6700. The first kappa shape index (κ1) is 69.6. The van der Waals surface area contributed by atoms with E-state index in [0.717, 1.165) is 150 Å². The van der Waals surface area contributed by atoms with E-state index in [1.807, 2.05) is 0 Å². The lowest BCUT2D eigenvalue weighted by Gasteiger charge is -2.23. The van der Waals surface area contributed by atoms with E-state index in [1.165, 1.54) is 66.8 Å². The molecule has 0 atom stereocenters. The van der Waals surface area contributed by atoms with E-state index in [0.29, 0.717) is 0 Å². The van der Waals surface area contributed by atoms with E-state index < -0.39 is 0 Å². The number of benzene rings is 16. The first-order chi connectivity index (χ1) is 57.0. The van der Waals surface area contributed by atoms with Crippen LogP contribution < -0.4 is 13.7 Å². The topological polar surface area (TPSA) is 26.4 Å². The predicted octanol–water partition coefficient (Wildman–Crippen LogP) is 25.3. The van der Waals surface area contributed by atoms with E-state index in [1.54, 1.807) is 0 Å². The van der Waals surface area contributed by atoms with Crippen molar-refractivity contribution in [1.82, 2.24) is 13.7 Å². The molecule has 16 aromatic carbocycles. The molecular formula is C111H84N6. The molecule has 0 unspecified atom stereocenters. The monoisotopic (exact) mass is 1500 g/mol. The molecule has 6 heteroatoms. The molecule has 0 spiro atoms. The summed E-state index contributed by atoms with van der Waals surface area (Å²) in [5.74, 6) is 0. The largest absolute Gasteiger partial charge is 0.319 e. The maximum absolute atomic E-state index is 3.71. The second kappa shape index (κ2) is 26.2. The quantitative estimate of drug-likeness (QED) is 0.0861. The highest BCUT2D eigenvalue weighted by molar-refractivity contribution is 6.02. The third-order valence-corrected chi connectivity index (χ3v) is 26.2.